The monoisotopic (exact) mass is 259 g/mol. The second kappa shape index (κ2) is 4.66. The van der Waals surface area contributed by atoms with E-state index >= 15 is 0 Å². The van der Waals surface area contributed by atoms with Gasteiger partial charge in [-0.05, 0) is 73.7 Å². The highest BCUT2D eigenvalue weighted by atomic mass is 35.5. The largest absolute Gasteiger partial charge is 0.398 e. The summed E-state index contributed by atoms with van der Waals surface area (Å²) in [7, 11) is 0. The molecule has 0 heterocycles. The van der Waals surface area contributed by atoms with Gasteiger partial charge in [0.25, 0.3) is 0 Å². The van der Waals surface area contributed by atoms with E-state index in [0.717, 1.165) is 16.3 Å². The van der Waals surface area contributed by atoms with Crippen molar-refractivity contribution >= 4 is 17.3 Å². The van der Waals surface area contributed by atoms with Crippen LogP contribution in [0.1, 0.15) is 22.3 Å². The molecule has 2 aromatic carbocycles. The highest BCUT2D eigenvalue weighted by molar-refractivity contribution is 6.31. The van der Waals surface area contributed by atoms with E-state index < -0.39 is 0 Å². The van der Waals surface area contributed by atoms with Crippen molar-refractivity contribution in [1.82, 2.24) is 0 Å². The zero-order valence-electron chi connectivity index (χ0n) is 11.3. The Kier molecular flexibility index (Phi) is 3.36. The van der Waals surface area contributed by atoms with Crippen LogP contribution in [-0.4, -0.2) is 0 Å². The van der Waals surface area contributed by atoms with Crippen LogP contribution in [0.25, 0.3) is 11.1 Å². The van der Waals surface area contributed by atoms with Crippen LogP contribution in [0, 0.1) is 27.7 Å². The first-order valence-electron chi connectivity index (χ1n) is 6.04. The van der Waals surface area contributed by atoms with E-state index in [9.17, 15) is 0 Å². The van der Waals surface area contributed by atoms with Crippen LogP contribution in [-0.2, 0) is 0 Å². The van der Waals surface area contributed by atoms with Crippen molar-refractivity contribution in [3.05, 3.63) is 51.5 Å². The van der Waals surface area contributed by atoms with Gasteiger partial charge in [0, 0.05) is 16.3 Å². The van der Waals surface area contributed by atoms with Gasteiger partial charge in [0.05, 0.1) is 0 Å². The van der Waals surface area contributed by atoms with Gasteiger partial charge in [-0.15, -0.1) is 0 Å². The molecular formula is C16H18ClN. The predicted molar refractivity (Wildman–Crippen MR) is 80.2 cm³/mol. The van der Waals surface area contributed by atoms with E-state index in [1.807, 2.05) is 18.2 Å². The molecule has 2 heteroatoms. The van der Waals surface area contributed by atoms with Gasteiger partial charge in [-0.25, -0.2) is 0 Å². The number of halogens is 1. The lowest BCUT2D eigenvalue weighted by atomic mass is 9.89. The smallest absolute Gasteiger partial charge is 0.0413 e. The predicted octanol–water partition coefficient (Wildman–Crippen LogP) is 4.82. The SMILES string of the molecule is Cc1cc(C)c(C)c(-c2cc(Cl)ccc2N)c1C. The minimum absolute atomic E-state index is 0.720. The Balaban J connectivity index is 2.82. The molecule has 0 unspecified atom stereocenters. The summed E-state index contributed by atoms with van der Waals surface area (Å²) in [6.45, 7) is 8.53. The standard InChI is InChI=1S/C16H18ClN/c1-9-7-10(2)12(4)16(11(9)3)14-8-13(17)5-6-15(14)18/h5-8H,18H2,1-4H3. The highest BCUT2D eigenvalue weighted by Gasteiger charge is 2.13. The molecule has 0 spiro atoms. The van der Waals surface area contributed by atoms with E-state index in [-0.39, 0.29) is 0 Å². The summed E-state index contributed by atoms with van der Waals surface area (Å²) >= 11 is 6.10. The molecule has 2 N–H and O–H groups in total. The van der Waals surface area contributed by atoms with Gasteiger partial charge in [-0.2, -0.15) is 0 Å². The molecule has 1 nitrogen and oxygen atoms in total. The number of nitrogens with two attached hydrogens (primary N) is 1. The van der Waals surface area contributed by atoms with Crippen molar-refractivity contribution in [3.63, 3.8) is 0 Å². The van der Waals surface area contributed by atoms with Crippen LogP contribution in [0.5, 0.6) is 0 Å². The Morgan fingerprint density at radius 1 is 0.889 bits per heavy atom. The molecule has 0 amide bonds. The van der Waals surface area contributed by atoms with Crippen LogP contribution in [0.15, 0.2) is 24.3 Å². The molecule has 0 aliphatic rings. The van der Waals surface area contributed by atoms with Crippen LogP contribution in [0.2, 0.25) is 5.02 Å². The summed E-state index contributed by atoms with van der Waals surface area (Å²) in [5.41, 5.74) is 14.2. The molecule has 0 aliphatic carbocycles. The molecule has 0 aliphatic heterocycles. The minimum atomic E-state index is 0.720. The van der Waals surface area contributed by atoms with Crippen molar-refractivity contribution < 1.29 is 0 Å². The quantitative estimate of drug-likeness (QED) is 0.730. The van der Waals surface area contributed by atoms with E-state index in [4.69, 9.17) is 17.3 Å². The lowest BCUT2D eigenvalue weighted by molar-refractivity contribution is 1.24. The van der Waals surface area contributed by atoms with Gasteiger partial charge in [0.15, 0.2) is 0 Å². The summed E-state index contributed by atoms with van der Waals surface area (Å²) < 4.78 is 0. The molecule has 0 bridgehead atoms. The molecule has 0 atom stereocenters. The first-order valence-corrected chi connectivity index (χ1v) is 6.42. The average Bonchev–Trinajstić information content (AvgIpc) is 2.31. The molecule has 0 radical (unpaired) electrons. The molecule has 0 saturated heterocycles. The second-order valence-corrected chi connectivity index (χ2v) is 5.30. The molecule has 94 valence electrons. The number of hydrogen-bond donors (Lipinski definition) is 1. The molecule has 0 saturated carbocycles. The Labute approximate surface area is 114 Å². The van der Waals surface area contributed by atoms with E-state index in [0.29, 0.717) is 0 Å². The van der Waals surface area contributed by atoms with Crippen molar-refractivity contribution in [2.24, 2.45) is 0 Å². The molecule has 2 aromatic rings. The van der Waals surface area contributed by atoms with Gasteiger partial charge in [-0.3, -0.25) is 0 Å². The summed E-state index contributed by atoms with van der Waals surface area (Å²) in [6, 6.07) is 7.86. The van der Waals surface area contributed by atoms with Gasteiger partial charge < -0.3 is 5.73 Å². The van der Waals surface area contributed by atoms with Crippen LogP contribution < -0.4 is 5.73 Å². The first kappa shape index (κ1) is 13.0. The van der Waals surface area contributed by atoms with E-state index in [2.05, 4.69) is 33.8 Å². The lowest BCUT2D eigenvalue weighted by Crippen LogP contribution is -1.98. The molecule has 0 aromatic heterocycles. The fourth-order valence-corrected chi connectivity index (χ4v) is 2.54. The maximum atomic E-state index is 6.10. The van der Waals surface area contributed by atoms with Gasteiger partial charge in [-0.1, -0.05) is 17.7 Å². The summed E-state index contributed by atoms with van der Waals surface area (Å²) in [5.74, 6) is 0. The molecular weight excluding hydrogens is 242 g/mol. The van der Waals surface area contributed by atoms with Crippen LogP contribution in [0.3, 0.4) is 0 Å². The number of anilines is 1. The third-order valence-electron chi connectivity index (χ3n) is 3.65. The normalized spacial score (nSPS) is 10.7. The van der Waals surface area contributed by atoms with Gasteiger partial charge in [0.1, 0.15) is 0 Å². The molecule has 18 heavy (non-hydrogen) atoms. The third-order valence-corrected chi connectivity index (χ3v) is 3.89. The number of benzene rings is 2. The maximum Gasteiger partial charge on any atom is 0.0413 e. The molecule has 0 fully saturated rings. The summed E-state index contributed by atoms with van der Waals surface area (Å²) in [5, 5.41) is 0.720. The van der Waals surface area contributed by atoms with Crippen molar-refractivity contribution in [2.45, 2.75) is 27.7 Å². The number of nitrogen functional groups attached to an aromatic ring is 1. The summed E-state index contributed by atoms with van der Waals surface area (Å²) in [4.78, 5) is 0. The topological polar surface area (TPSA) is 26.0 Å². The van der Waals surface area contributed by atoms with E-state index in [1.165, 1.54) is 27.8 Å². The van der Waals surface area contributed by atoms with Gasteiger partial charge >= 0.3 is 0 Å². The average molecular weight is 260 g/mol. The van der Waals surface area contributed by atoms with Crippen molar-refractivity contribution in [1.29, 1.82) is 0 Å². The Morgan fingerprint density at radius 2 is 1.44 bits per heavy atom. The summed E-state index contributed by atoms with van der Waals surface area (Å²) in [6.07, 6.45) is 0. The minimum Gasteiger partial charge on any atom is -0.398 e. The maximum absolute atomic E-state index is 6.10. The number of rotatable bonds is 1. The zero-order valence-corrected chi connectivity index (χ0v) is 12.0. The van der Waals surface area contributed by atoms with Crippen molar-refractivity contribution in [3.8, 4) is 11.1 Å². The fourth-order valence-electron chi connectivity index (χ4n) is 2.37. The lowest BCUT2D eigenvalue weighted by Gasteiger charge is -2.17. The van der Waals surface area contributed by atoms with Crippen LogP contribution in [0.4, 0.5) is 5.69 Å². The Bertz CT molecular complexity index is 589. The number of aryl methyl sites for hydroxylation is 2. The highest BCUT2D eigenvalue weighted by Crippen LogP contribution is 2.36. The van der Waals surface area contributed by atoms with E-state index in [1.54, 1.807) is 0 Å². The first-order chi connectivity index (χ1) is 8.41. The van der Waals surface area contributed by atoms with Crippen molar-refractivity contribution in [2.75, 3.05) is 5.73 Å². The third kappa shape index (κ3) is 2.11. The fraction of sp³-hybridized carbons (Fsp3) is 0.250. The Morgan fingerprint density at radius 3 is 2.00 bits per heavy atom. The zero-order chi connectivity index (χ0) is 13.4. The van der Waals surface area contributed by atoms with Gasteiger partial charge in [0.2, 0.25) is 0 Å². The second-order valence-electron chi connectivity index (χ2n) is 4.87. The molecule has 2 rings (SSSR count). The van der Waals surface area contributed by atoms with Crippen LogP contribution >= 0.6 is 11.6 Å². The number of hydrogen-bond acceptors (Lipinski definition) is 1. The Hall–Kier alpha value is -1.47.